The summed E-state index contributed by atoms with van der Waals surface area (Å²) in [5.74, 6) is 0.764. The molecule has 1 N–H and O–H groups in total. The molecule has 0 saturated carbocycles. The van der Waals surface area contributed by atoms with E-state index in [9.17, 15) is 0 Å². The predicted octanol–water partition coefficient (Wildman–Crippen LogP) is 0.978. The molecule has 2 nitrogen and oxygen atoms in total. The summed E-state index contributed by atoms with van der Waals surface area (Å²) in [6.07, 6.45) is 11.3. The van der Waals surface area contributed by atoms with Crippen LogP contribution in [0.15, 0.2) is 0 Å². The number of ether oxygens (including phenoxy) is 1. The van der Waals surface area contributed by atoms with Gasteiger partial charge in [-0.3, -0.25) is 8.29 Å². The molecule has 0 aliphatic carbocycles. The highest BCUT2D eigenvalue weighted by atomic mass is 32.4. The lowest BCUT2D eigenvalue weighted by atomic mass is 10.8. The highest BCUT2D eigenvalue weighted by Gasteiger charge is 2.36. The van der Waals surface area contributed by atoms with Crippen LogP contribution in [0.5, 0.6) is 0 Å². The number of aliphatic hydroxyl groups excluding tert-OH is 1. The molecule has 0 spiro atoms. The topological polar surface area (TPSA) is 29.5 Å². The zero-order chi connectivity index (χ0) is 9.24. The lowest BCUT2D eigenvalue weighted by Gasteiger charge is -2.65. The Balaban J connectivity index is 3.95. The van der Waals surface area contributed by atoms with Gasteiger partial charge < -0.3 is 9.84 Å². The fourth-order valence-electron chi connectivity index (χ4n) is 0.540. The first-order valence-corrected chi connectivity index (χ1v) is 8.38. The quantitative estimate of drug-likeness (QED) is 0.657. The van der Waals surface area contributed by atoms with Gasteiger partial charge in [0.25, 0.3) is 0 Å². The third-order valence-electron chi connectivity index (χ3n) is 0.908. The van der Waals surface area contributed by atoms with Crippen molar-refractivity contribution in [3.8, 4) is 0 Å². The third kappa shape index (κ3) is 10.3. The van der Waals surface area contributed by atoms with Gasteiger partial charge >= 0.3 is 0 Å². The molecule has 0 saturated heterocycles. The Morgan fingerprint density at radius 3 is 1.82 bits per heavy atom. The Morgan fingerprint density at radius 2 is 1.55 bits per heavy atom. The third-order valence-corrected chi connectivity index (χ3v) is 2.25. The fraction of sp³-hybridized carbons (Fsp3) is 1.00. The van der Waals surface area contributed by atoms with E-state index in [0.29, 0.717) is 6.61 Å². The second-order valence-corrected chi connectivity index (χ2v) is 17.6. The lowest BCUT2D eigenvalue weighted by molar-refractivity contribution is 0.123. The summed E-state index contributed by atoms with van der Waals surface area (Å²) in [6.45, 7) is 0.574. The maximum atomic E-state index is 8.52. The van der Waals surface area contributed by atoms with E-state index in [-0.39, 0.29) is 6.61 Å². The molecular formula is C8H22O2S. The molecule has 0 heterocycles. The van der Waals surface area contributed by atoms with Crippen LogP contribution in [-0.2, 0) is 4.74 Å². The fourth-order valence-corrected chi connectivity index (χ4v) is 1.49. The minimum Gasteiger partial charge on any atom is -0.394 e. The Hall–Kier alpha value is 0.270. The molecule has 0 rings (SSSR count). The first-order valence-electron chi connectivity index (χ1n) is 3.72. The monoisotopic (exact) mass is 182 g/mol. The first kappa shape index (κ1) is 11.3. The van der Waals surface area contributed by atoms with Crippen LogP contribution in [0.2, 0.25) is 0 Å². The number of aliphatic hydroxyl groups is 1. The smallest absolute Gasteiger partial charge is 0.0707 e. The van der Waals surface area contributed by atoms with E-state index >= 15 is 0 Å². The SMILES string of the molecule is CS(C)(C)(C)(C)COCCO. The van der Waals surface area contributed by atoms with Gasteiger partial charge in [0.1, 0.15) is 0 Å². The number of hydrogen-bond donors (Lipinski definition) is 1. The van der Waals surface area contributed by atoms with Gasteiger partial charge in [-0.25, -0.2) is 0 Å². The van der Waals surface area contributed by atoms with Crippen LogP contribution in [0, 0.1) is 0 Å². The van der Waals surface area contributed by atoms with Crippen molar-refractivity contribution in [2.45, 2.75) is 0 Å². The van der Waals surface area contributed by atoms with Crippen molar-refractivity contribution in [2.75, 3.05) is 50.4 Å². The van der Waals surface area contributed by atoms with Gasteiger partial charge in [0.05, 0.1) is 19.2 Å². The molecule has 0 aliphatic heterocycles. The Bertz CT molecular complexity index is 129. The van der Waals surface area contributed by atoms with Crippen LogP contribution in [0.3, 0.4) is 0 Å². The van der Waals surface area contributed by atoms with Gasteiger partial charge in [0.15, 0.2) is 0 Å². The maximum Gasteiger partial charge on any atom is 0.0707 e. The number of rotatable bonds is 4. The van der Waals surface area contributed by atoms with Gasteiger partial charge in [-0.1, -0.05) is 0 Å². The van der Waals surface area contributed by atoms with E-state index in [2.05, 4.69) is 31.3 Å². The Kier molecular flexibility index (Phi) is 2.43. The minimum atomic E-state index is -1.91. The van der Waals surface area contributed by atoms with Crippen molar-refractivity contribution in [3.63, 3.8) is 0 Å². The highest BCUT2D eigenvalue weighted by molar-refractivity contribution is 8.62. The molecule has 0 fully saturated rings. The summed E-state index contributed by atoms with van der Waals surface area (Å²) in [4.78, 5) is 0. The molecular weight excluding hydrogens is 160 g/mol. The standard InChI is InChI=1S/C8H22O2S/c1-11(2,3,4,5)8-10-7-6-9/h9H,6-8H2,1-5H3. The molecule has 3 heteroatoms. The van der Waals surface area contributed by atoms with Crippen molar-refractivity contribution in [1.82, 2.24) is 0 Å². The van der Waals surface area contributed by atoms with E-state index in [1.165, 1.54) is 0 Å². The second-order valence-electron chi connectivity index (χ2n) is 6.28. The van der Waals surface area contributed by atoms with Gasteiger partial charge in [-0.15, -0.1) is 0 Å². The van der Waals surface area contributed by atoms with Crippen molar-refractivity contribution in [2.24, 2.45) is 0 Å². The molecule has 0 bridgehead atoms. The molecule has 11 heavy (non-hydrogen) atoms. The normalized spacial score (nSPS) is 19.1. The summed E-state index contributed by atoms with van der Waals surface area (Å²) >= 11 is 0. The van der Waals surface area contributed by atoms with E-state index < -0.39 is 8.29 Å². The minimum absolute atomic E-state index is 0.119. The molecule has 0 atom stereocenters. The molecule has 0 aromatic rings. The van der Waals surface area contributed by atoms with Gasteiger partial charge in [0, 0.05) is 0 Å². The molecule has 0 radical (unpaired) electrons. The van der Waals surface area contributed by atoms with Crippen LogP contribution in [0.25, 0.3) is 0 Å². The lowest BCUT2D eigenvalue weighted by Crippen LogP contribution is -2.34. The average Bonchev–Trinajstić information content (AvgIpc) is 1.59. The van der Waals surface area contributed by atoms with Crippen LogP contribution in [0.4, 0.5) is 0 Å². The first-order chi connectivity index (χ1) is 4.54. The largest absolute Gasteiger partial charge is 0.394 e. The van der Waals surface area contributed by atoms with E-state index in [1.807, 2.05) is 0 Å². The molecule has 0 unspecified atom stereocenters. The average molecular weight is 182 g/mol. The van der Waals surface area contributed by atoms with Crippen LogP contribution in [-0.4, -0.2) is 55.5 Å². The van der Waals surface area contributed by atoms with Crippen LogP contribution in [0.1, 0.15) is 0 Å². The van der Waals surface area contributed by atoms with Crippen molar-refractivity contribution < 1.29 is 9.84 Å². The van der Waals surface area contributed by atoms with E-state index in [1.54, 1.807) is 0 Å². The van der Waals surface area contributed by atoms with Gasteiger partial charge in [0.2, 0.25) is 0 Å². The highest BCUT2D eigenvalue weighted by Crippen LogP contribution is 2.74. The number of hydrogen-bond acceptors (Lipinski definition) is 2. The zero-order valence-electron chi connectivity index (χ0n) is 8.39. The Labute approximate surface area is 69.2 Å². The summed E-state index contributed by atoms with van der Waals surface area (Å²) in [6, 6.07) is 0. The molecule has 72 valence electrons. The zero-order valence-corrected chi connectivity index (χ0v) is 9.20. The summed E-state index contributed by atoms with van der Waals surface area (Å²) in [5, 5.41) is 8.52. The maximum absolute atomic E-state index is 8.52. The van der Waals surface area contributed by atoms with Crippen LogP contribution < -0.4 is 0 Å². The van der Waals surface area contributed by atoms with Crippen LogP contribution >= 0.6 is 8.29 Å². The molecule has 0 aliphatic rings. The van der Waals surface area contributed by atoms with Crippen molar-refractivity contribution in [1.29, 1.82) is 0 Å². The summed E-state index contributed by atoms with van der Waals surface area (Å²) < 4.78 is 5.36. The molecule has 0 aromatic carbocycles. The summed E-state index contributed by atoms with van der Waals surface area (Å²) in [5.41, 5.74) is 0. The molecule has 0 aromatic heterocycles. The second kappa shape index (κ2) is 2.38. The molecule has 0 amide bonds. The van der Waals surface area contributed by atoms with E-state index in [0.717, 1.165) is 5.94 Å². The van der Waals surface area contributed by atoms with Crippen molar-refractivity contribution >= 4 is 8.29 Å². The van der Waals surface area contributed by atoms with Crippen molar-refractivity contribution in [3.05, 3.63) is 0 Å². The van der Waals surface area contributed by atoms with Gasteiger partial charge in [-0.05, 0) is 31.3 Å². The van der Waals surface area contributed by atoms with E-state index in [4.69, 9.17) is 9.84 Å². The predicted molar refractivity (Wildman–Crippen MR) is 55.1 cm³/mol. The Morgan fingerprint density at radius 1 is 1.09 bits per heavy atom. The van der Waals surface area contributed by atoms with Gasteiger partial charge in [-0.2, -0.15) is 0 Å². The summed E-state index contributed by atoms with van der Waals surface area (Å²) in [7, 11) is -1.91.